The molecule has 0 saturated carbocycles. The summed E-state index contributed by atoms with van der Waals surface area (Å²) in [6, 6.07) is 8.10. The fourth-order valence-corrected chi connectivity index (χ4v) is 2.78. The van der Waals surface area contributed by atoms with Crippen molar-refractivity contribution in [1.29, 1.82) is 0 Å². The predicted molar refractivity (Wildman–Crippen MR) is 127 cm³/mol. The fraction of sp³-hybridized carbons (Fsp3) is 0.524. The van der Waals surface area contributed by atoms with E-state index in [9.17, 15) is 0 Å². The van der Waals surface area contributed by atoms with Gasteiger partial charge >= 0.3 is 0 Å². The Morgan fingerprint density at radius 3 is 2.54 bits per heavy atom. The van der Waals surface area contributed by atoms with Gasteiger partial charge in [-0.25, -0.2) is 4.99 Å². The van der Waals surface area contributed by atoms with Crippen LogP contribution in [-0.4, -0.2) is 28.9 Å². The SMILES string of the molecule is CCNC(=NCc1ccccc1OCC(C)C)NCc1c(C)nn(C)c1C.I. The standard InChI is InChI=1S/C21H33N5O.HI/c1-7-22-21(24-13-19-16(4)25-26(6)17(19)5)23-12-18-10-8-9-11-20(18)27-14-15(2)3;/h8-11,15H,7,12-14H2,1-6H3,(H2,22,23,24);1H. The number of aryl methyl sites for hydroxylation is 2. The minimum absolute atomic E-state index is 0. The van der Waals surface area contributed by atoms with Crippen LogP contribution in [0, 0.1) is 19.8 Å². The van der Waals surface area contributed by atoms with Gasteiger partial charge in [-0.15, -0.1) is 24.0 Å². The van der Waals surface area contributed by atoms with E-state index >= 15 is 0 Å². The van der Waals surface area contributed by atoms with E-state index in [1.807, 2.05) is 36.9 Å². The fourth-order valence-electron chi connectivity index (χ4n) is 2.78. The second-order valence-electron chi connectivity index (χ2n) is 7.13. The Labute approximate surface area is 186 Å². The molecule has 156 valence electrons. The van der Waals surface area contributed by atoms with Crippen LogP contribution in [0.25, 0.3) is 0 Å². The van der Waals surface area contributed by atoms with E-state index in [1.165, 1.54) is 11.3 Å². The van der Waals surface area contributed by atoms with Gasteiger partial charge in [-0.05, 0) is 32.8 Å². The van der Waals surface area contributed by atoms with Crippen molar-refractivity contribution >= 4 is 29.9 Å². The zero-order valence-corrected chi connectivity index (χ0v) is 20.2. The molecule has 0 aliphatic heterocycles. The maximum Gasteiger partial charge on any atom is 0.191 e. The zero-order chi connectivity index (χ0) is 19.8. The van der Waals surface area contributed by atoms with Crippen LogP contribution < -0.4 is 15.4 Å². The van der Waals surface area contributed by atoms with Gasteiger partial charge in [0.15, 0.2) is 5.96 Å². The lowest BCUT2D eigenvalue weighted by atomic mass is 10.2. The van der Waals surface area contributed by atoms with Crippen LogP contribution in [0.1, 0.15) is 43.3 Å². The highest BCUT2D eigenvalue weighted by Crippen LogP contribution is 2.19. The van der Waals surface area contributed by atoms with Gasteiger partial charge < -0.3 is 15.4 Å². The number of aromatic nitrogens is 2. The molecule has 0 spiro atoms. The van der Waals surface area contributed by atoms with E-state index < -0.39 is 0 Å². The molecule has 0 radical (unpaired) electrons. The summed E-state index contributed by atoms with van der Waals surface area (Å²) in [6.07, 6.45) is 0. The number of rotatable bonds is 8. The number of ether oxygens (including phenoxy) is 1. The van der Waals surface area contributed by atoms with E-state index in [-0.39, 0.29) is 24.0 Å². The average molecular weight is 499 g/mol. The quantitative estimate of drug-likeness (QED) is 0.328. The summed E-state index contributed by atoms with van der Waals surface area (Å²) in [6.45, 7) is 13.3. The van der Waals surface area contributed by atoms with Gasteiger partial charge in [0.1, 0.15) is 5.75 Å². The van der Waals surface area contributed by atoms with Crippen molar-refractivity contribution in [2.75, 3.05) is 13.2 Å². The average Bonchev–Trinajstić information content (AvgIpc) is 2.88. The molecular formula is C21H34IN5O. The summed E-state index contributed by atoms with van der Waals surface area (Å²) in [4.78, 5) is 4.74. The smallest absolute Gasteiger partial charge is 0.191 e. The Bertz CT molecular complexity index is 770. The van der Waals surface area contributed by atoms with Crippen molar-refractivity contribution in [2.45, 2.75) is 47.7 Å². The maximum absolute atomic E-state index is 5.93. The second kappa shape index (κ2) is 11.9. The number of halogens is 1. The molecule has 2 aromatic rings. The molecule has 0 saturated heterocycles. The summed E-state index contributed by atoms with van der Waals surface area (Å²) in [5.74, 6) is 2.19. The summed E-state index contributed by atoms with van der Waals surface area (Å²) >= 11 is 0. The number of benzene rings is 1. The lowest BCUT2D eigenvalue weighted by Gasteiger charge is -2.14. The number of hydrogen-bond donors (Lipinski definition) is 2. The van der Waals surface area contributed by atoms with Crippen LogP contribution in [0.2, 0.25) is 0 Å². The number of hydrogen-bond acceptors (Lipinski definition) is 3. The largest absolute Gasteiger partial charge is 0.493 e. The van der Waals surface area contributed by atoms with Gasteiger partial charge in [-0.3, -0.25) is 4.68 Å². The monoisotopic (exact) mass is 499 g/mol. The Morgan fingerprint density at radius 1 is 1.21 bits per heavy atom. The molecule has 0 unspecified atom stereocenters. The van der Waals surface area contributed by atoms with Crippen LogP contribution in [0.3, 0.4) is 0 Å². The van der Waals surface area contributed by atoms with Crippen molar-refractivity contribution in [3.63, 3.8) is 0 Å². The molecule has 28 heavy (non-hydrogen) atoms. The minimum Gasteiger partial charge on any atom is -0.493 e. The van der Waals surface area contributed by atoms with Crippen molar-refractivity contribution in [3.05, 3.63) is 46.8 Å². The Balaban J connectivity index is 0.00000392. The number of para-hydroxylation sites is 1. The van der Waals surface area contributed by atoms with Gasteiger partial charge in [0.25, 0.3) is 0 Å². The van der Waals surface area contributed by atoms with Gasteiger partial charge in [-0.2, -0.15) is 5.10 Å². The maximum atomic E-state index is 5.93. The highest BCUT2D eigenvalue weighted by atomic mass is 127. The summed E-state index contributed by atoms with van der Waals surface area (Å²) in [7, 11) is 1.97. The van der Waals surface area contributed by atoms with Crippen LogP contribution in [-0.2, 0) is 20.1 Å². The van der Waals surface area contributed by atoms with Crippen LogP contribution in [0.4, 0.5) is 0 Å². The molecule has 1 aromatic heterocycles. The summed E-state index contributed by atoms with van der Waals surface area (Å²) in [5.41, 5.74) is 4.52. The first-order chi connectivity index (χ1) is 12.9. The molecule has 7 heteroatoms. The lowest BCUT2D eigenvalue weighted by Crippen LogP contribution is -2.37. The molecular weight excluding hydrogens is 465 g/mol. The Morgan fingerprint density at radius 2 is 1.93 bits per heavy atom. The third-order valence-corrected chi connectivity index (χ3v) is 4.39. The highest BCUT2D eigenvalue weighted by Gasteiger charge is 2.10. The molecule has 0 fully saturated rings. The summed E-state index contributed by atoms with van der Waals surface area (Å²) in [5, 5.41) is 11.2. The second-order valence-corrected chi connectivity index (χ2v) is 7.13. The molecule has 0 aliphatic rings. The minimum atomic E-state index is 0. The Hall–Kier alpha value is -1.77. The number of aliphatic imine (C=N–C) groups is 1. The van der Waals surface area contributed by atoms with Crippen molar-refractivity contribution in [2.24, 2.45) is 18.0 Å². The first-order valence-electron chi connectivity index (χ1n) is 9.64. The molecule has 0 aliphatic carbocycles. The van der Waals surface area contributed by atoms with E-state index in [1.54, 1.807) is 0 Å². The van der Waals surface area contributed by atoms with Crippen molar-refractivity contribution in [1.82, 2.24) is 20.4 Å². The Kier molecular flexibility index (Phi) is 10.3. The third kappa shape index (κ3) is 7.00. The number of guanidine groups is 1. The molecule has 0 bridgehead atoms. The van der Waals surface area contributed by atoms with Crippen molar-refractivity contribution < 1.29 is 4.74 Å². The molecule has 0 amide bonds. The molecule has 0 atom stereocenters. The molecule has 6 nitrogen and oxygen atoms in total. The molecule has 2 rings (SSSR count). The zero-order valence-electron chi connectivity index (χ0n) is 17.9. The van der Waals surface area contributed by atoms with E-state index in [4.69, 9.17) is 9.73 Å². The first-order valence-corrected chi connectivity index (χ1v) is 9.64. The highest BCUT2D eigenvalue weighted by molar-refractivity contribution is 14.0. The van der Waals surface area contributed by atoms with E-state index in [2.05, 4.69) is 49.5 Å². The number of nitrogens with zero attached hydrogens (tertiary/aromatic N) is 3. The van der Waals surface area contributed by atoms with Crippen molar-refractivity contribution in [3.8, 4) is 5.75 Å². The summed E-state index contributed by atoms with van der Waals surface area (Å²) < 4.78 is 7.85. The predicted octanol–water partition coefficient (Wildman–Crippen LogP) is 3.95. The van der Waals surface area contributed by atoms with E-state index in [0.717, 1.165) is 29.5 Å². The molecule has 1 aromatic carbocycles. The van der Waals surface area contributed by atoms with Gasteiger partial charge in [0.05, 0.1) is 18.8 Å². The molecule has 2 N–H and O–H groups in total. The number of nitrogens with one attached hydrogen (secondary N) is 2. The van der Waals surface area contributed by atoms with Crippen LogP contribution in [0.5, 0.6) is 5.75 Å². The topological polar surface area (TPSA) is 63.5 Å². The van der Waals surface area contributed by atoms with Gasteiger partial charge in [0.2, 0.25) is 0 Å². The first kappa shape index (κ1) is 24.3. The van der Waals surface area contributed by atoms with Gasteiger partial charge in [-0.1, -0.05) is 32.0 Å². The van der Waals surface area contributed by atoms with Crippen LogP contribution >= 0.6 is 24.0 Å². The molecule has 1 heterocycles. The van der Waals surface area contributed by atoms with E-state index in [0.29, 0.717) is 25.6 Å². The van der Waals surface area contributed by atoms with Gasteiger partial charge in [0, 0.05) is 37.0 Å². The third-order valence-electron chi connectivity index (χ3n) is 4.39. The van der Waals surface area contributed by atoms with Crippen LogP contribution in [0.15, 0.2) is 29.3 Å². The normalized spacial score (nSPS) is 11.3. The lowest BCUT2D eigenvalue weighted by molar-refractivity contribution is 0.268.